The number of rotatable bonds is 5. The first kappa shape index (κ1) is 19.4. The first-order valence-corrected chi connectivity index (χ1v) is 9.80. The Labute approximate surface area is 163 Å². The molecule has 0 aliphatic carbocycles. The Morgan fingerprint density at radius 2 is 1.56 bits per heavy atom. The van der Waals surface area contributed by atoms with Gasteiger partial charge in [0.15, 0.2) is 0 Å². The van der Waals surface area contributed by atoms with E-state index in [2.05, 4.69) is 78.4 Å². The molecular formula is C23H31N3O. The van der Waals surface area contributed by atoms with Crippen molar-refractivity contribution in [2.24, 2.45) is 5.41 Å². The van der Waals surface area contributed by atoms with E-state index in [4.69, 9.17) is 0 Å². The number of nitrogens with one attached hydrogen (secondary N) is 1. The SMILES string of the molecule is CC(C)(C)CC(=O)Nc1ccc(CN2CCN(c3ccccc3)CC2)cc1. The largest absolute Gasteiger partial charge is 0.369 e. The van der Waals surface area contributed by atoms with Crippen molar-refractivity contribution in [1.29, 1.82) is 0 Å². The Kier molecular flexibility index (Phi) is 6.17. The number of carbonyl (C=O) groups is 1. The third-order valence-electron chi connectivity index (χ3n) is 4.83. The fourth-order valence-electron chi connectivity index (χ4n) is 3.44. The number of benzene rings is 2. The van der Waals surface area contributed by atoms with Gasteiger partial charge in [-0.25, -0.2) is 0 Å². The number of carbonyl (C=O) groups excluding carboxylic acids is 1. The van der Waals surface area contributed by atoms with Crippen LogP contribution in [0.5, 0.6) is 0 Å². The van der Waals surface area contributed by atoms with Crippen LogP contribution in [0.25, 0.3) is 0 Å². The Morgan fingerprint density at radius 3 is 2.15 bits per heavy atom. The van der Waals surface area contributed by atoms with Crippen LogP contribution in [0.1, 0.15) is 32.8 Å². The summed E-state index contributed by atoms with van der Waals surface area (Å²) in [6.07, 6.45) is 0.528. The fraction of sp³-hybridized carbons (Fsp3) is 0.435. The van der Waals surface area contributed by atoms with Gasteiger partial charge in [0, 0.05) is 50.5 Å². The van der Waals surface area contributed by atoms with E-state index in [0.29, 0.717) is 6.42 Å². The van der Waals surface area contributed by atoms with Gasteiger partial charge in [-0.15, -0.1) is 0 Å². The average Bonchev–Trinajstić information content (AvgIpc) is 2.63. The molecule has 3 rings (SSSR count). The van der Waals surface area contributed by atoms with E-state index >= 15 is 0 Å². The highest BCUT2D eigenvalue weighted by atomic mass is 16.1. The first-order chi connectivity index (χ1) is 12.9. The average molecular weight is 366 g/mol. The number of nitrogens with zero attached hydrogens (tertiary/aromatic N) is 2. The number of anilines is 2. The molecule has 0 saturated carbocycles. The molecule has 144 valence electrons. The summed E-state index contributed by atoms with van der Waals surface area (Å²) in [5, 5.41) is 2.99. The lowest BCUT2D eigenvalue weighted by molar-refractivity contribution is -0.117. The summed E-state index contributed by atoms with van der Waals surface area (Å²) in [6.45, 7) is 11.4. The first-order valence-electron chi connectivity index (χ1n) is 9.80. The molecular weight excluding hydrogens is 334 g/mol. The topological polar surface area (TPSA) is 35.6 Å². The molecule has 1 saturated heterocycles. The van der Waals surface area contributed by atoms with Crippen molar-refractivity contribution in [2.45, 2.75) is 33.7 Å². The molecule has 2 aromatic rings. The van der Waals surface area contributed by atoms with Crippen LogP contribution in [0.3, 0.4) is 0 Å². The van der Waals surface area contributed by atoms with Crippen molar-refractivity contribution in [3.63, 3.8) is 0 Å². The quantitative estimate of drug-likeness (QED) is 0.854. The van der Waals surface area contributed by atoms with Gasteiger partial charge in [-0.1, -0.05) is 51.1 Å². The molecule has 4 nitrogen and oxygen atoms in total. The van der Waals surface area contributed by atoms with Crippen molar-refractivity contribution in [3.05, 3.63) is 60.2 Å². The molecule has 1 aliphatic heterocycles. The summed E-state index contributed by atoms with van der Waals surface area (Å²) in [6, 6.07) is 18.9. The fourth-order valence-corrected chi connectivity index (χ4v) is 3.44. The van der Waals surface area contributed by atoms with Crippen molar-refractivity contribution in [3.8, 4) is 0 Å². The number of para-hydroxylation sites is 1. The van der Waals surface area contributed by atoms with Gasteiger partial charge >= 0.3 is 0 Å². The van der Waals surface area contributed by atoms with Crippen LogP contribution in [-0.2, 0) is 11.3 Å². The van der Waals surface area contributed by atoms with Gasteiger partial charge in [0.2, 0.25) is 5.91 Å². The second kappa shape index (κ2) is 8.57. The maximum atomic E-state index is 12.1. The van der Waals surface area contributed by atoms with Gasteiger partial charge in [0.25, 0.3) is 0 Å². The molecule has 2 aromatic carbocycles. The Hall–Kier alpha value is -2.33. The Bertz CT molecular complexity index is 726. The Balaban J connectivity index is 1.47. The molecule has 1 N–H and O–H groups in total. The molecule has 1 aliphatic rings. The highest BCUT2D eigenvalue weighted by molar-refractivity contribution is 5.91. The lowest BCUT2D eigenvalue weighted by Gasteiger charge is -2.36. The highest BCUT2D eigenvalue weighted by Crippen LogP contribution is 2.20. The van der Waals surface area contributed by atoms with E-state index in [1.54, 1.807) is 0 Å². The van der Waals surface area contributed by atoms with Gasteiger partial charge in [-0.3, -0.25) is 9.69 Å². The lowest BCUT2D eigenvalue weighted by Crippen LogP contribution is -2.45. The van der Waals surface area contributed by atoms with Crippen LogP contribution in [0.4, 0.5) is 11.4 Å². The number of piperazine rings is 1. The second-order valence-electron chi connectivity index (χ2n) is 8.58. The molecule has 0 unspecified atom stereocenters. The molecule has 0 radical (unpaired) electrons. The van der Waals surface area contributed by atoms with Crippen LogP contribution in [-0.4, -0.2) is 37.0 Å². The smallest absolute Gasteiger partial charge is 0.224 e. The van der Waals surface area contributed by atoms with Gasteiger partial charge in [0.05, 0.1) is 0 Å². The van der Waals surface area contributed by atoms with Gasteiger partial charge in [-0.2, -0.15) is 0 Å². The molecule has 27 heavy (non-hydrogen) atoms. The molecule has 0 spiro atoms. The minimum Gasteiger partial charge on any atom is -0.369 e. The molecule has 1 fully saturated rings. The van der Waals surface area contributed by atoms with Crippen LogP contribution in [0.2, 0.25) is 0 Å². The van der Waals surface area contributed by atoms with Gasteiger partial charge in [0.1, 0.15) is 0 Å². The highest BCUT2D eigenvalue weighted by Gasteiger charge is 2.18. The standard InChI is InChI=1S/C23H31N3O/c1-23(2,3)17-22(27)24-20-11-9-19(10-12-20)18-25-13-15-26(16-14-25)21-7-5-4-6-8-21/h4-12H,13-18H2,1-3H3,(H,24,27). The van der Waals surface area contributed by atoms with Gasteiger partial charge < -0.3 is 10.2 Å². The predicted octanol–water partition coefficient (Wildman–Crippen LogP) is 4.38. The second-order valence-corrected chi connectivity index (χ2v) is 8.58. The van der Waals surface area contributed by atoms with Crippen molar-refractivity contribution in [1.82, 2.24) is 4.90 Å². The molecule has 1 heterocycles. The van der Waals surface area contributed by atoms with Crippen LogP contribution >= 0.6 is 0 Å². The third kappa shape index (κ3) is 6.10. The van der Waals surface area contributed by atoms with Crippen LogP contribution < -0.4 is 10.2 Å². The van der Waals surface area contributed by atoms with Crippen molar-refractivity contribution in [2.75, 3.05) is 36.4 Å². The van der Waals surface area contributed by atoms with Crippen molar-refractivity contribution >= 4 is 17.3 Å². The maximum absolute atomic E-state index is 12.1. The zero-order chi connectivity index (χ0) is 19.3. The Morgan fingerprint density at radius 1 is 0.926 bits per heavy atom. The third-order valence-corrected chi connectivity index (χ3v) is 4.83. The van der Waals surface area contributed by atoms with E-state index in [1.165, 1.54) is 11.3 Å². The summed E-state index contributed by atoms with van der Waals surface area (Å²) < 4.78 is 0. The number of hydrogen-bond acceptors (Lipinski definition) is 3. The van der Waals surface area contributed by atoms with Crippen molar-refractivity contribution < 1.29 is 4.79 Å². The summed E-state index contributed by atoms with van der Waals surface area (Å²) in [5.74, 6) is 0.0762. The molecule has 4 heteroatoms. The molecule has 0 atom stereocenters. The van der Waals surface area contributed by atoms with E-state index in [9.17, 15) is 4.79 Å². The minimum absolute atomic E-state index is 0.00587. The summed E-state index contributed by atoms with van der Waals surface area (Å²) in [5.41, 5.74) is 3.48. The summed E-state index contributed by atoms with van der Waals surface area (Å²) in [7, 11) is 0. The van der Waals surface area contributed by atoms with Gasteiger partial charge in [-0.05, 0) is 35.2 Å². The predicted molar refractivity (Wildman–Crippen MR) is 113 cm³/mol. The molecule has 0 bridgehead atoms. The van der Waals surface area contributed by atoms with Crippen LogP contribution in [0, 0.1) is 5.41 Å². The maximum Gasteiger partial charge on any atom is 0.224 e. The zero-order valence-electron chi connectivity index (χ0n) is 16.7. The van der Waals surface area contributed by atoms with E-state index in [0.717, 1.165) is 38.4 Å². The lowest BCUT2D eigenvalue weighted by atomic mass is 9.92. The monoisotopic (exact) mass is 365 g/mol. The number of hydrogen-bond donors (Lipinski definition) is 1. The summed E-state index contributed by atoms with van der Waals surface area (Å²) in [4.78, 5) is 17.0. The van der Waals surface area contributed by atoms with E-state index in [1.807, 2.05) is 12.1 Å². The van der Waals surface area contributed by atoms with E-state index in [-0.39, 0.29) is 11.3 Å². The number of amides is 1. The minimum atomic E-state index is 0.00587. The van der Waals surface area contributed by atoms with Crippen LogP contribution in [0.15, 0.2) is 54.6 Å². The molecule has 1 amide bonds. The van der Waals surface area contributed by atoms with E-state index < -0.39 is 0 Å². The zero-order valence-corrected chi connectivity index (χ0v) is 16.7. The normalized spacial score (nSPS) is 15.6. The molecule has 0 aromatic heterocycles. The summed E-state index contributed by atoms with van der Waals surface area (Å²) >= 11 is 0.